The number of nitrogens with zero attached hydrogens (tertiary/aromatic N) is 4. The van der Waals surface area contributed by atoms with Crippen molar-refractivity contribution in [1.29, 1.82) is 0 Å². The summed E-state index contributed by atoms with van der Waals surface area (Å²) in [7, 11) is 3.85. The number of piperidine rings is 1. The number of amides is 2. The lowest BCUT2D eigenvalue weighted by Crippen LogP contribution is -2.50. The Morgan fingerprint density at radius 3 is 2.50 bits per heavy atom. The summed E-state index contributed by atoms with van der Waals surface area (Å²) in [5, 5.41) is 2.72. The van der Waals surface area contributed by atoms with Crippen molar-refractivity contribution in [3.8, 4) is 0 Å². The maximum absolute atomic E-state index is 13.4. The normalized spacial score (nSPS) is 22.9. The summed E-state index contributed by atoms with van der Waals surface area (Å²) in [6.07, 6.45) is 2.81. The predicted molar refractivity (Wildman–Crippen MR) is 142 cm³/mol. The van der Waals surface area contributed by atoms with Crippen LogP contribution in [-0.4, -0.2) is 79.6 Å². The third kappa shape index (κ3) is 5.63. The first-order chi connectivity index (χ1) is 17.3. The molecule has 9 nitrogen and oxygen atoms in total. The fourth-order valence-electron chi connectivity index (χ4n) is 5.16. The van der Waals surface area contributed by atoms with Gasteiger partial charge >= 0.3 is 11.8 Å². The number of carbonyl (C=O) groups excluding carboxylic acids is 2. The van der Waals surface area contributed by atoms with Crippen LogP contribution in [0.15, 0.2) is 36.5 Å². The van der Waals surface area contributed by atoms with Gasteiger partial charge in [-0.15, -0.1) is 0 Å². The second kappa shape index (κ2) is 11.3. The maximum Gasteiger partial charge on any atom is 0.313 e. The molecule has 4 rings (SSSR count). The molecule has 2 amide bonds. The van der Waals surface area contributed by atoms with Crippen molar-refractivity contribution in [3.63, 3.8) is 0 Å². The summed E-state index contributed by atoms with van der Waals surface area (Å²) in [5.41, 5.74) is 9.36. The molecule has 0 bridgehead atoms. The Kier molecular flexibility index (Phi) is 8.11. The molecule has 9 heteroatoms. The van der Waals surface area contributed by atoms with Gasteiger partial charge in [-0.05, 0) is 49.2 Å². The van der Waals surface area contributed by atoms with Crippen LogP contribution in [0.25, 0.3) is 0 Å². The zero-order chi connectivity index (χ0) is 25.8. The number of benzene rings is 1. The highest BCUT2D eigenvalue weighted by molar-refractivity contribution is 6.39. The van der Waals surface area contributed by atoms with E-state index >= 15 is 0 Å². The first-order valence-electron chi connectivity index (χ1n) is 12.7. The number of nitrogens with one attached hydrogen (secondary N) is 1. The average molecular weight is 495 g/mol. The molecule has 2 aliphatic heterocycles. The van der Waals surface area contributed by atoms with Crippen LogP contribution in [0.1, 0.15) is 37.4 Å². The molecule has 2 aromatic rings. The molecule has 1 aromatic carbocycles. The molecule has 36 heavy (non-hydrogen) atoms. The number of methoxy groups -OCH3 is 1. The van der Waals surface area contributed by atoms with E-state index in [2.05, 4.69) is 58.3 Å². The highest BCUT2D eigenvalue weighted by Crippen LogP contribution is 2.36. The molecular weight excluding hydrogens is 456 g/mol. The lowest BCUT2D eigenvalue weighted by atomic mass is 9.87. The van der Waals surface area contributed by atoms with Crippen LogP contribution in [0.2, 0.25) is 0 Å². The van der Waals surface area contributed by atoms with Gasteiger partial charge in [-0.25, -0.2) is 4.98 Å². The Hall–Kier alpha value is -3.17. The Morgan fingerprint density at radius 1 is 1.17 bits per heavy atom. The van der Waals surface area contributed by atoms with Crippen LogP contribution in [-0.2, 0) is 20.7 Å². The number of carbonyl (C=O) groups is 2. The van der Waals surface area contributed by atoms with Crippen LogP contribution in [0.4, 0.5) is 17.2 Å². The number of likely N-dealkylation sites (tertiary alicyclic amines) is 1. The van der Waals surface area contributed by atoms with Crippen molar-refractivity contribution in [2.24, 2.45) is 5.92 Å². The SMILES string of the molecule is CCc1cc(NC(=O)C(=O)N2C[C@@H](C)C(OC)C[C@@H]2c2ccc(N3CCN(C)CC3)cc2)cnc1N. The summed E-state index contributed by atoms with van der Waals surface area (Å²) in [6.45, 7) is 8.52. The highest BCUT2D eigenvalue weighted by Gasteiger charge is 2.39. The monoisotopic (exact) mass is 494 g/mol. The molecule has 0 aliphatic carbocycles. The molecule has 2 saturated heterocycles. The molecule has 0 radical (unpaired) electrons. The number of pyridine rings is 1. The van der Waals surface area contributed by atoms with E-state index in [4.69, 9.17) is 10.5 Å². The molecule has 1 aromatic heterocycles. The van der Waals surface area contributed by atoms with Crippen LogP contribution in [0.5, 0.6) is 0 Å². The fraction of sp³-hybridized carbons (Fsp3) is 0.519. The second-order valence-electron chi connectivity index (χ2n) is 9.92. The van der Waals surface area contributed by atoms with Crippen LogP contribution in [0, 0.1) is 5.92 Å². The van der Waals surface area contributed by atoms with Crippen LogP contribution >= 0.6 is 0 Å². The Balaban J connectivity index is 1.52. The molecule has 2 aliphatic rings. The number of likely N-dealkylation sites (N-methyl/N-ethyl adjacent to an activating group) is 1. The van der Waals surface area contributed by atoms with E-state index in [1.165, 1.54) is 11.9 Å². The molecular formula is C27H38N6O3. The number of aromatic nitrogens is 1. The van der Waals surface area contributed by atoms with Crippen molar-refractivity contribution in [2.45, 2.75) is 38.8 Å². The molecule has 3 atom stereocenters. The van der Waals surface area contributed by atoms with E-state index in [0.29, 0.717) is 30.9 Å². The predicted octanol–water partition coefficient (Wildman–Crippen LogP) is 2.54. The largest absolute Gasteiger partial charge is 0.383 e. The van der Waals surface area contributed by atoms with Crippen LogP contribution in [0.3, 0.4) is 0 Å². The van der Waals surface area contributed by atoms with E-state index in [1.54, 1.807) is 18.1 Å². The number of ether oxygens (including phenoxy) is 1. The number of nitrogen functional groups attached to an aromatic ring is 1. The summed E-state index contributed by atoms with van der Waals surface area (Å²) in [4.78, 5) is 37.0. The number of aryl methyl sites for hydroxylation is 1. The van der Waals surface area contributed by atoms with Crippen molar-refractivity contribution in [3.05, 3.63) is 47.7 Å². The summed E-state index contributed by atoms with van der Waals surface area (Å²) >= 11 is 0. The number of anilines is 3. The minimum Gasteiger partial charge on any atom is -0.383 e. The molecule has 3 heterocycles. The molecule has 194 valence electrons. The van der Waals surface area contributed by atoms with E-state index in [1.807, 2.05) is 6.92 Å². The highest BCUT2D eigenvalue weighted by atomic mass is 16.5. The Labute approximate surface area is 213 Å². The molecule has 3 N–H and O–H groups in total. The van der Waals surface area contributed by atoms with Gasteiger partial charge in [0, 0.05) is 51.4 Å². The fourth-order valence-corrected chi connectivity index (χ4v) is 5.16. The third-order valence-corrected chi connectivity index (χ3v) is 7.50. The van der Waals surface area contributed by atoms with Gasteiger partial charge in [0.2, 0.25) is 0 Å². The first kappa shape index (κ1) is 25.9. The quantitative estimate of drug-likeness (QED) is 0.616. The molecule has 0 saturated carbocycles. The van der Waals surface area contributed by atoms with Gasteiger partial charge in [0.1, 0.15) is 5.82 Å². The summed E-state index contributed by atoms with van der Waals surface area (Å²) in [5.74, 6) is -0.694. The van der Waals surface area contributed by atoms with Gasteiger partial charge in [0.15, 0.2) is 0 Å². The maximum atomic E-state index is 13.4. The topological polar surface area (TPSA) is 104 Å². The molecule has 1 unspecified atom stereocenters. The lowest BCUT2D eigenvalue weighted by Gasteiger charge is -2.42. The van der Waals surface area contributed by atoms with Gasteiger partial charge in [0.05, 0.1) is 24.0 Å². The number of piperazine rings is 1. The molecule has 2 fully saturated rings. The average Bonchev–Trinajstić information content (AvgIpc) is 2.89. The van der Waals surface area contributed by atoms with Gasteiger partial charge < -0.3 is 30.5 Å². The first-order valence-corrected chi connectivity index (χ1v) is 12.7. The van der Waals surface area contributed by atoms with Crippen molar-refractivity contribution >= 4 is 29.0 Å². The number of hydrogen-bond acceptors (Lipinski definition) is 7. The van der Waals surface area contributed by atoms with Gasteiger partial charge in [0.25, 0.3) is 0 Å². The van der Waals surface area contributed by atoms with E-state index in [-0.39, 0.29) is 18.1 Å². The number of rotatable bonds is 5. The van der Waals surface area contributed by atoms with Crippen molar-refractivity contribution in [1.82, 2.24) is 14.8 Å². The van der Waals surface area contributed by atoms with Gasteiger partial charge in [-0.1, -0.05) is 26.0 Å². The zero-order valence-electron chi connectivity index (χ0n) is 21.7. The minimum atomic E-state index is -0.675. The van der Waals surface area contributed by atoms with E-state index in [9.17, 15) is 9.59 Å². The Morgan fingerprint density at radius 2 is 1.86 bits per heavy atom. The number of hydrogen-bond donors (Lipinski definition) is 2. The van der Waals surface area contributed by atoms with Gasteiger partial charge in [-0.3, -0.25) is 9.59 Å². The smallest absolute Gasteiger partial charge is 0.313 e. The Bertz CT molecular complexity index is 1070. The zero-order valence-corrected chi connectivity index (χ0v) is 21.7. The number of nitrogens with two attached hydrogens (primary N) is 1. The molecule has 0 spiro atoms. The van der Waals surface area contributed by atoms with E-state index in [0.717, 1.165) is 37.3 Å². The summed E-state index contributed by atoms with van der Waals surface area (Å²) < 4.78 is 5.73. The van der Waals surface area contributed by atoms with Crippen molar-refractivity contribution < 1.29 is 14.3 Å². The summed E-state index contributed by atoms with van der Waals surface area (Å²) in [6, 6.07) is 9.92. The minimum absolute atomic E-state index is 0.00725. The third-order valence-electron chi connectivity index (χ3n) is 7.50. The standard InChI is InChI=1S/C27H38N6O3/c1-5-19-14-21(16-29-25(19)28)30-26(34)27(35)33-17-18(2)24(36-4)15-23(33)20-6-8-22(9-7-20)32-12-10-31(3)11-13-32/h6-9,14,16,18,23-24H,5,10-13,15,17H2,1-4H3,(H2,28,29)(H,30,34)/t18-,23-,24?/m1/s1. The van der Waals surface area contributed by atoms with E-state index < -0.39 is 11.8 Å². The lowest BCUT2D eigenvalue weighted by molar-refractivity contribution is -0.149. The van der Waals surface area contributed by atoms with Crippen LogP contribution < -0.4 is 16.0 Å². The van der Waals surface area contributed by atoms with Gasteiger partial charge in [-0.2, -0.15) is 0 Å². The second-order valence-corrected chi connectivity index (χ2v) is 9.92. The van der Waals surface area contributed by atoms with Crippen molar-refractivity contribution in [2.75, 3.05) is 62.8 Å².